The van der Waals surface area contributed by atoms with E-state index < -0.39 is 64.9 Å². The van der Waals surface area contributed by atoms with Crippen molar-refractivity contribution >= 4 is 17.6 Å². The van der Waals surface area contributed by atoms with Crippen LogP contribution in [0.5, 0.6) is 0 Å². The SMILES string of the molecule is CO[C@@H]1[C@H](OC(=O)c2ccccc2)[C@@H](COC(=O)c2ccccc2)O[C@H]1n1cc([N+](=O)[O-])c(=O)[nH]c1=O. The Hall–Kier alpha value is -4.62. The summed E-state index contributed by atoms with van der Waals surface area (Å²) >= 11 is 0. The number of rotatable bonds is 8. The van der Waals surface area contributed by atoms with Crippen molar-refractivity contribution in [3.05, 3.63) is 109 Å². The minimum atomic E-state index is -1.37. The van der Waals surface area contributed by atoms with E-state index in [0.717, 1.165) is 4.57 Å². The monoisotopic (exact) mass is 511 g/mol. The highest BCUT2D eigenvalue weighted by atomic mass is 16.6. The van der Waals surface area contributed by atoms with Crippen molar-refractivity contribution < 1.29 is 33.5 Å². The van der Waals surface area contributed by atoms with Gasteiger partial charge in [0.05, 0.1) is 22.2 Å². The molecular weight excluding hydrogens is 490 g/mol. The minimum absolute atomic E-state index is 0.220. The number of ether oxygens (including phenoxy) is 4. The van der Waals surface area contributed by atoms with Crippen LogP contribution < -0.4 is 11.2 Å². The van der Waals surface area contributed by atoms with Crippen LogP contribution in [-0.4, -0.2) is 58.4 Å². The molecule has 0 bridgehead atoms. The molecule has 0 saturated carbocycles. The average Bonchev–Trinajstić information content (AvgIpc) is 3.24. The van der Waals surface area contributed by atoms with Crippen molar-refractivity contribution in [3.8, 4) is 0 Å². The number of nitro groups is 1. The van der Waals surface area contributed by atoms with E-state index in [2.05, 4.69) is 0 Å². The van der Waals surface area contributed by atoms with E-state index in [0.29, 0.717) is 6.20 Å². The summed E-state index contributed by atoms with van der Waals surface area (Å²) in [4.78, 5) is 61.8. The molecule has 1 saturated heterocycles. The van der Waals surface area contributed by atoms with E-state index in [1.54, 1.807) is 48.5 Å². The van der Waals surface area contributed by atoms with Gasteiger partial charge in [0.15, 0.2) is 12.3 Å². The van der Waals surface area contributed by atoms with Crippen molar-refractivity contribution in [3.63, 3.8) is 0 Å². The molecule has 1 fully saturated rings. The van der Waals surface area contributed by atoms with E-state index in [-0.39, 0.29) is 11.1 Å². The molecule has 192 valence electrons. The number of aromatic amines is 1. The van der Waals surface area contributed by atoms with Gasteiger partial charge in [0, 0.05) is 7.11 Å². The van der Waals surface area contributed by atoms with Crippen LogP contribution in [-0.2, 0) is 18.9 Å². The number of carbonyl (C=O) groups excluding carboxylic acids is 2. The highest BCUT2D eigenvalue weighted by Gasteiger charge is 2.50. The van der Waals surface area contributed by atoms with Gasteiger partial charge in [0.2, 0.25) is 0 Å². The van der Waals surface area contributed by atoms with Crippen LogP contribution in [0.15, 0.2) is 76.4 Å². The van der Waals surface area contributed by atoms with Crippen molar-refractivity contribution in [2.75, 3.05) is 13.7 Å². The Morgan fingerprint density at radius 2 is 1.59 bits per heavy atom. The lowest BCUT2D eigenvalue weighted by molar-refractivity contribution is -0.387. The summed E-state index contributed by atoms with van der Waals surface area (Å²) in [6, 6.07) is 16.2. The molecule has 0 spiro atoms. The summed E-state index contributed by atoms with van der Waals surface area (Å²) < 4.78 is 23.1. The molecule has 2 aromatic carbocycles. The fourth-order valence-electron chi connectivity index (χ4n) is 3.83. The van der Waals surface area contributed by atoms with Crippen molar-refractivity contribution in [1.29, 1.82) is 0 Å². The predicted molar refractivity (Wildman–Crippen MR) is 125 cm³/mol. The fraction of sp³-hybridized carbons (Fsp3) is 0.250. The van der Waals surface area contributed by atoms with Gasteiger partial charge in [-0.2, -0.15) is 0 Å². The highest BCUT2D eigenvalue weighted by molar-refractivity contribution is 5.90. The lowest BCUT2D eigenvalue weighted by atomic mass is 10.1. The number of nitrogens with one attached hydrogen (secondary N) is 1. The summed E-state index contributed by atoms with van der Waals surface area (Å²) in [6.07, 6.45) is -4.16. The lowest BCUT2D eigenvalue weighted by Gasteiger charge is -2.23. The maximum atomic E-state index is 12.8. The second-order valence-corrected chi connectivity index (χ2v) is 7.90. The molecule has 1 aliphatic heterocycles. The molecule has 0 aliphatic carbocycles. The number of esters is 2. The van der Waals surface area contributed by atoms with Gasteiger partial charge in [-0.05, 0) is 24.3 Å². The van der Waals surface area contributed by atoms with Crippen LogP contribution in [0.1, 0.15) is 26.9 Å². The minimum Gasteiger partial charge on any atom is -0.459 e. The van der Waals surface area contributed by atoms with E-state index in [1.165, 1.54) is 19.2 Å². The maximum absolute atomic E-state index is 12.8. The first-order valence-electron chi connectivity index (χ1n) is 11.0. The normalized spacial score (nSPS) is 20.8. The Kier molecular flexibility index (Phi) is 7.55. The Morgan fingerprint density at radius 1 is 1.00 bits per heavy atom. The van der Waals surface area contributed by atoms with Crippen LogP contribution in [0.3, 0.4) is 0 Å². The molecule has 13 nitrogen and oxygen atoms in total. The zero-order valence-corrected chi connectivity index (χ0v) is 19.3. The number of methoxy groups -OCH3 is 1. The Bertz CT molecular complexity index is 1400. The van der Waals surface area contributed by atoms with Crippen molar-refractivity contribution in [1.82, 2.24) is 9.55 Å². The number of hydrogen-bond acceptors (Lipinski definition) is 10. The van der Waals surface area contributed by atoms with Gasteiger partial charge in [0.1, 0.15) is 18.8 Å². The Morgan fingerprint density at radius 3 is 2.16 bits per heavy atom. The number of hydrogen-bond donors (Lipinski definition) is 1. The molecule has 37 heavy (non-hydrogen) atoms. The average molecular weight is 511 g/mol. The van der Waals surface area contributed by atoms with Gasteiger partial charge in [-0.1, -0.05) is 36.4 Å². The molecule has 4 atom stereocenters. The van der Waals surface area contributed by atoms with Crippen LogP contribution in [0.25, 0.3) is 0 Å². The van der Waals surface area contributed by atoms with Crippen LogP contribution in [0, 0.1) is 10.1 Å². The number of benzene rings is 2. The van der Waals surface area contributed by atoms with E-state index >= 15 is 0 Å². The zero-order valence-electron chi connectivity index (χ0n) is 19.3. The standard InChI is InChI=1S/C24H21N3O10/c1-34-19-18(37-23(30)15-10-6-3-7-11-15)17(13-35-22(29)14-8-4-2-5-9-14)36-21(19)26-12-16(27(32)33)20(28)25-24(26)31/h2-12,17-19,21H,13H2,1H3,(H,25,28,31)/t17-,18-,19-,21-/m1/s1. The van der Waals surface area contributed by atoms with Crippen molar-refractivity contribution in [2.45, 2.75) is 24.5 Å². The third-order valence-corrected chi connectivity index (χ3v) is 5.62. The number of nitrogens with zero attached hydrogens (tertiary/aromatic N) is 2. The van der Waals surface area contributed by atoms with Gasteiger partial charge in [0.25, 0.3) is 0 Å². The first kappa shape index (κ1) is 25.5. The molecule has 1 aromatic heterocycles. The third kappa shape index (κ3) is 5.47. The quantitative estimate of drug-likeness (QED) is 0.265. The van der Waals surface area contributed by atoms with Gasteiger partial charge < -0.3 is 18.9 Å². The molecule has 13 heteroatoms. The molecule has 1 N–H and O–H groups in total. The fourth-order valence-corrected chi connectivity index (χ4v) is 3.83. The van der Waals surface area contributed by atoms with Crippen LogP contribution in [0.4, 0.5) is 5.69 Å². The molecule has 3 aromatic rings. The van der Waals surface area contributed by atoms with E-state index in [1.807, 2.05) is 4.98 Å². The molecule has 0 amide bonds. The smallest absolute Gasteiger partial charge is 0.350 e. The van der Waals surface area contributed by atoms with Gasteiger partial charge in [-0.15, -0.1) is 0 Å². The number of aromatic nitrogens is 2. The maximum Gasteiger partial charge on any atom is 0.350 e. The summed E-state index contributed by atoms with van der Waals surface area (Å²) in [7, 11) is 1.26. The molecule has 0 radical (unpaired) electrons. The van der Waals surface area contributed by atoms with Gasteiger partial charge in [-0.25, -0.2) is 14.4 Å². The number of carbonyl (C=O) groups is 2. The lowest BCUT2D eigenvalue weighted by Crippen LogP contribution is -2.41. The summed E-state index contributed by atoms with van der Waals surface area (Å²) in [5.41, 5.74) is -2.63. The molecule has 1 aliphatic rings. The first-order chi connectivity index (χ1) is 17.8. The summed E-state index contributed by atoms with van der Waals surface area (Å²) in [5.74, 6) is -1.41. The third-order valence-electron chi connectivity index (χ3n) is 5.62. The van der Waals surface area contributed by atoms with Crippen molar-refractivity contribution in [2.24, 2.45) is 0 Å². The second kappa shape index (κ2) is 11.0. The van der Waals surface area contributed by atoms with Crippen LogP contribution in [0.2, 0.25) is 0 Å². The molecule has 0 unspecified atom stereocenters. The molecular formula is C24H21N3O10. The predicted octanol–water partition coefficient (Wildman–Crippen LogP) is 1.44. The summed E-state index contributed by atoms with van der Waals surface area (Å²) in [6.45, 7) is -0.406. The zero-order chi connectivity index (χ0) is 26.5. The second-order valence-electron chi connectivity index (χ2n) is 7.90. The topological polar surface area (TPSA) is 169 Å². The van der Waals surface area contributed by atoms with Gasteiger partial charge in [-0.3, -0.25) is 24.5 Å². The molecule has 4 rings (SSSR count). The van der Waals surface area contributed by atoms with E-state index in [4.69, 9.17) is 18.9 Å². The Balaban J connectivity index is 1.66. The Labute approximate surface area is 208 Å². The largest absolute Gasteiger partial charge is 0.459 e. The summed E-state index contributed by atoms with van der Waals surface area (Å²) in [5, 5.41) is 11.3. The number of H-pyrrole nitrogens is 1. The van der Waals surface area contributed by atoms with Crippen LogP contribution >= 0.6 is 0 Å². The van der Waals surface area contributed by atoms with E-state index in [9.17, 15) is 29.3 Å². The first-order valence-corrected chi connectivity index (χ1v) is 11.0. The molecule has 2 heterocycles. The van der Waals surface area contributed by atoms with Gasteiger partial charge >= 0.3 is 28.9 Å². The highest BCUT2D eigenvalue weighted by Crippen LogP contribution is 2.34.